The van der Waals surface area contributed by atoms with E-state index in [-0.39, 0.29) is 5.84 Å². The Morgan fingerprint density at radius 2 is 1.89 bits per heavy atom. The van der Waals surface area contributed by atoms with E-state index in [0.29, 0.717) is 11.5 Å². The van der Waals surface area contributed by atoms with Gasteiger partial charge < -0.3 is 10.6 Å². The zero-order chi connectivity index (χ0) is 13.7. The molecule has 2 aromatic rings. The predicted octanol–water partition coefficient (Wildman–Crippen LogP) is 1.79. The topological polar surface area (TPSA) is 78.9 Å². The summed E-state index contributed by atoms with van der Waals surface area (Å²) in [5, 5.41) is 7.57. The van der Waals surface area contributed by atoms with E-state index >= 15 is 0 Å². The molecule has 1 aromatic heterocycles. The number of anilines is 1. The molecule has 0 radical (unpaired) electrons. The molecule has 98 valence electrons. The van der Waals surface area contributed by atoms with Gasteiger partial charge in [0.1, 0.15) is 11.5 Å². The summed E-state index contributed by atoms with van der Waals surface area (Å²) in [5.74, 6) is 0.593. The van der Waals surface area contributed by atoms with E-state index in [1.807, 2.05) is 25.1 Å². The van der Waals surface area contributed by atoms with Crippen molar-refractivity contribution in [2.45, 2.75) is 13.5 Å². The molecule has 5 nitrogen and oxygen atoms in total. The lowest BCUT2D eigenvalue weighted by Crippen LogP contribution is -2.27. The van der Waals surface area contributed by atoms with Gasteiger partial charge in [0.25, 0.3) is 0 Å². The van der Waals surface area contributed by atoms with Gasteiger partial charge in [0, 0.05) is 25.5 Å². The van der Waals surface area contributed by atoms with Gasteiger partial charge in [-0.25, -0.2) is 9.97 Å². The zero-order valence-electron chi connectivity index (χ0n) is 10.9. The number of hydrogen-bond donors (Lipinski definition) is 2. The molecule has 0 aliphatic rings. The maximum atomic E-state index is 7.57. The van der Waals surface area contributed by atoms with Crippen LogP contribution in [-0.2, 0) is 6.54 Å². The van der Waals surface area contributed by atoms with E-state index in [0.717, 1.165) is 13.1 Å². The average molecular weight is 255 g/mol. The Labute approximate surface area is 112 Å². The third kappa shape index (κ3) is 3.07. The lowest BCUT2D eigenvalue weighted by Gasteiger charge is -2.23. The van der Waals surface area contributed by atoms with Crippen molar-refractivity contribution in [3.8, 4) is 0 Å². The smallest absolute Gasteiger partial charge is 0.158 e. The van der Waals surface area contributed by atoms with Gasteiger partial charge in [-0.3, -0.25) is 5.41 Å². The van der Waals surface area contributed by atoms with E-state index < -0.39 is 0 Å². The number of benzene rings is 1. The van der Waals surface area contributed by atoms with Crippen LogP contribution in [0.4, 0.5) is 5.82 Å². The van der Waals surface area contributed by atoms with Crippen molar-refractivity contribution in [2.75, 3.05) is 11.4 Å². The van der Waals surface area contributed by atoms with Crippen molar-refractivity contribution in [1.29, 1.82) is 5.41 Å². The largest absolute Gasteiger partial charge is 0.382 e. The standard InChI is InChI=1S/C14H17N5/c1-2-19(10-11-6-4-3-5-7-11)14-12(13(15)16)17-8-9-18-14/h3-9H,2,10H2,1H3,(H3,15,16). The van der Waals surface area contributed by atoms with Gasteiger partial charge >= 0.3 is 0 Å². The third-order valence-electron chi connectivity index (χ3n) is 2.83. The van der Waals surface area contributed by atoms with Gasteiger partial charge in [0.15, 0.2) is 5.82 Å². The molecule has 0 fully saturated rings. The summed E-state index contributed by atoms with van der Waals surface area (Å²) in [4.78, 5) is 10.5. The molecule has 2 rings (SSSR count). The quantitative estimate of drug-likeness (QED) is 0.630. The highest BCUT2D eigenvalue weighted by molar-refractivity contribution is 5.97. The summed E-state index contributed by atoms with van der Waals surface area (Å²) < 4.78 is 0. The minimum atomic E-state index is -0.0605. The Morgan fingerprint density at radius 1 is 1.21 bits per heavy atom. The second-order valence-corrected chi connectivity index (χ2v) is 4.14. The Kier molecular flexibility index (Phi) is 4.07. The molecule has 0 unspecified atom stereocenters. The lowest BCUT2D eigenvalue weighted by atomic mass is 10.2. The highest BCUT2D eigenvalue weighted by Crippen LogP contribution is 2.17. The molecule has 3 N–H and O–H groups in total. The fourth-order valence-electron chi connectivity index (χ4n) is 1.89. The molecule has 0 saturated carbocycles. The molecule has 0 atom stereocenters. The number of rotatable bonds is 5. The van der Waals surface area contributed by atoms with Gasteiger partial charge in [-0.05, 0) is 12.5 Å². The summed E-state index contributed by atoms with van der Waals surface area (Å²) in [6.07, 6.45) is 3.17. The van der Waals surface area contributed by atoms with Crippen LogP contribution >= 0.6 is 0 Å². The molecular weight excluding hydrogens is 238 g/mol. The second kappa shape index (κ2) is 5.95. The van der Waals surface area contributed by atoms with E-state index in [2.05, 4.69) is 27.0 Å². The molecule has 0 saturated heterocycles. The Morgan fingerprint density at radius 3 is 2.53 bits per heavy atom. The molecule has 1 heterocycles. The van der Waals surface area contributed by atoms with Crippen LogP contribution in [0.1, 0.15) is 18.2 Å². The minimum absolute atomic E-state index is 0.0605. The van der Waals surface area contributed by atoms with Gasteiger partial charge in [-0.2, -0.15) is 0 Å². The predicted molar refractivity (Wildman–Crippen MR) is 76.2 cm³/mol. The highest BCUT2D eigenvalue weighted by atomic mass is 15.2. The van der Waals surface area contributed by atoms with E-state index in [1.54, 1.807) is 12.4 Å². The SMILES string of the molecule is CCN(Cc1ccccc1)c1nccnc1C(=N)N. The number of amidine groups is 1. The summed E-state index contributed by atoms with van der Waals surface area (Å²) >= 11 is 0. The third-order valence-corrected chi connectivity index (χ3v) is 2.83. The van der Waals surface area contributed by atoms with E-state index in [9.17, 15) is 0 Å². The summed E-state index contributed by atoms with van der Waals surface area (Å²) in [5.41, 5.74) is 7.17. The number of hydrogen-bond acceptors (Lipinski definition) is 4. The molecule has 19 heavy (non-hydrogen) atoms. The first-order valence-electron chi connectivity index (χ1n) is 6.16. The number of nitrogens with one attached hydrogen (secondary N) is 1. The van der Waals surface area contributed by atoms with Crippen LogP contribution < -0.4 is 10.6 Å². The fraction of sp³-hybridized carbons (Fsp3) is 0.214. The van der Waals surface area contributed by atoms with Crippen LogP contribution in [0.2, 0.25) is 0 Å². The molecular formula is C14H17N5. The number of nitrogens with two attached hydrogens (primary N) is 1. The Hall–Kier alpha value is -2.43. The van der Waals surface area contributed by atoms with Crippen LogP contribution in [0, 0.1) is 5.41 Å². The van der Waals surface area contributed by atoms with Crippen LogP contribution in [0.5, 0.6) is 0 Å². The highest BCUT2D eigenvalue weighted by Gasteiger charge is 2.14. The maximum Gasteiger partial charge on any atom is 0.158 e. The molecule has 0 aliphatic heterocycles. The van der Waals surface area contributed by atoms with Gasteiger partial charge in [0.05, 0.1) is 0 Å². The number of aromatic nitrogens is 2. The molecule has 0 bridgehead atoms. The van der Waals surface area contributed by atoms with Gasteiger partial charge in [-0.1, -0.05) is 30.3 Å². The molecule has 0 aliphatic carbocycles. The summed E-state index contributed by atoms with van der Waals surface area (Å²) in [6.45, 7) is 3.53. The summed E-state index contributed by atoms with van der Waals surface area (Å²) in [6, 6.07) is 10.1. The first kappa shape index (κ1) is 13.0. The Bertz CT molecular complexity index is 553. The van der Waals surface area contributed by atoms with Crippen molar-refractivity contribution < 1.29 is 0 Å². The van der Waals surface area contributed by atoms with Crippen LogP contribution in [-0.4, -0.2) is 22.3 Å². The first-order valence-corrected chi connectivity index (χ1v) is 6.16. The zero-order valence-corrected chi connectivity index (χ0v) is 10.9. The lowest BCUT2D eigenvalue weighted by molar-refractivity contribution is 0.806. The van der Waals surface area contributed by atoms with E-state index in [4.69, 9.17) is 11.1 Å². The fourth-order valence-corrected chi connectivity index (χ4v) is 1.89. The first-order chi connectivity index (χ1) is 9.22. The normalized spacial score (nSPS) is 10.2. The van der Waals surface area contributed by atoms with Crippen LogP contribution in [0.3, 0.4) is 0 Å². The van der Waals surface area contributed by atoms with Crippen molar-refractivity contribution in [1.82, 2.24) is 9.97 Å². The van der Waals surface area contributed by atoms with Crippen molar-refractivity contribution in [3.05, 3.63) is 54.0 Å². The monoisotopic (exact) mass is 255 g/mol. The molecule has 0 spiro atoms. The van der Waals surface area contributed by atoms with E-state index in [1.165, 1.54) is 5.56 Å². The summed E-state index contributed by atoms with van der Waals surface area (Å²) in [7, 11) is 0. The van der Waals surface area contributed by atoms with Crippen molar-refractivity contribution >= 4 is 11.7 Å². The van der Waals surface area contributed by atoms with Crippen molar-refractivity contribution in [2.24, 2.45) is 5.73 Å². The second-order valence-electron chi connectivity index (χ2n) is 4.14. The van der Waals surface area contributed by atoms with Crippen LogP contribution in [0.25, 0.3) is 0 Å². The van der Waals surface area contributed by atoms with Crippen molar-refractivity contribution in [3.63, 3.8) is 0 Å². The molecule has 5 heteroatoms. The Balaban J connectivity index is 2.30. The molecule has 1 aromatic carbocycles. The van der Waals surface area contributed by atoms with Gasteiger partial charge in [-0.15, -0.1) is 0 Å². The average Bonchev–Trinajstić information content (AvgIpc) is 2.46. The maximum absolute atomic E-state index is 7.57. The minimum Gasteiger partial charge on any atom is -0.382 e. The van der Waals surface area contributed by atoms with Crippen LogP contribution in [0.15, 0.2) is 42.7 Å². The molecule has 0 amide bonds. The number of nitrogen functional groups attached to an aromatic ring is 1. The number of nitrogens with zero attached hydrogens (tertiary/aromatic N) is 3. The van der Waals surface area contributed by atoms with Gasteiger partial charge in [0.2, 0.25) is 0 Å².